The molecular formula is C19H18ClN3O3S. The van der Waals surface area contributed by atoms with Gasteiger partial charge in [0.1, 0.15) is 12.7 Å². The molecule has 1 atom stereocenters. The summed E-state index contributed by atoms with van der Waals surface area (Å²) in [6, 6.07) is 13.1. The predicted molar refractivity (Wildman–Crippen MR) is 106 cm³/mol. The summed E-state index contributed by atoms with van der Waals surface area (Å²) in [6.45, 7) is 0.807. The number of aryl methyl sites for hydroxylation is 1. The van der Waals surface area contributed by atoms with Crippen LogP contribution in [0.2, 0.25) is 5.02 Å². The number of nitrogens with zero attached hydrogens (tertiary/aromatic N) is 2. The Morgan fingerprint density at radius 1 is 1.33 bits per heavy atom. The molecular weight excluding hydrogens is 386 g/mol. The molecule has 0 saturated carbocycles. The van der Waals surface area contributed by atoms with Crippen LogP contribution >= 0.6 is 23.4 Å². The molecule has 0 fully saturated rings. The molecule has 27 heavy (non-hydrogen) atoms. The van der Waals surface area contributed by atoms with E-state index >= 15 is 0 Å². The van der Waals surface area contributed by atoms with Gasteiger partial charge in [0.25, 0.3) is 0 Å². The lowest BCUT2D eigenvalue weighted by Crippen LogP contribution is -2.41. The van der Waals surface area contributed by atoms with Crippen LogP contribution in [0.3, 0.4) is 0 Å². The maximum Gasteiger partial charge on any atom is 0.230 e. The standard InChI is InChI=1S/C19H18ClN3O3S/c1-23-15-7-6-12(20)8-14(15)22-19(23)27-11-18(24)21-9-13-10-25-16-4-2-3-5-17(16)26-13/h2-8,13H,9-11H2,1H3,(H,21,24)/t13-/m1/s1. The third-order valence-corrected chi connectivity index (χ3v) is 5.49. The van der Waals surface area contributed by atoms with Gasteiger partial charge in [-0.05, 0) is 30.3 Å². The summed E-state index contributed by atoms with van der Waals surface area (Å²) in [4.78, 5) is 16.7. The van der Waals surface area contributed by atoms with Crippen LogP contribution in [-0.2, 0) is 11.8 Å². The zero-order valence-electron chi connectivity index (χ0n) is 14.6. The number of halogens is 1. The van der Waals surface area contributed by atoms with Gasteiger partial charge in [-0.15, -0.1) is 0 Å². The zero-order valence-corrected chi connectivity index (χ0v) is 16.2. The molecule has 1 N–H and O–H groups in total. The first kappa shape index (κ1) is 18.0. The van der Waals surface area contributed by atoms with Gasteiger partial charge in [0.15, 0.2) is 16.7 Å². The highest BCUT2D eigenvalue weighted by Crippen LogP contribution is 2.30. The number of hydrogen-bond acceptors (Lipinski definition) is 5. The van der Waals surface area contributed by atoms with E-state index in [0.29, 0.717) is 23.9 Å². The lowest BCUT2D eigenvalue weighted by Gasteiger charge is -2.26. The van der Waals surface area contributed by atoms with Crippen molar-refractivity contribution in [2.24, 2.45) is 7.05 Å². The Morgan fingerprint density at radius 2 is 2.15 bits per heavy atom. The second-order valence-corrected chi connectivity index (χ2v) is 7.56. The normalized spacial score (nSPS) is 15.7. The minimum Gasteiger partial charge on any atom is -0.486 e. The van der Waals surface area contributed by atoms with Crippen molar-refractivity contribution in [3.8, 4) is 11.5 Å². The topological polar surface area (TPSA) is 65.4 Å². The van der Waals surface area contributed by atoms with E-state index in [4.69, 9.17) is 21.1 Å². The van der Waals surface area contributed by atoms with E-state index in [1.54, 1.807) is 0 Å². The smallest absolute Gasteiger partial charge is 0.230 e. The van der Waals surface area contributed by atoms with Crippen LogP contribution in [0.4, 0.5) is 0 Å². The Kier molecular flexibility index (Phi) is 5.13. The number of amides is 1. The minimum absolute atomic E-state index is 0.0763. The number of aromatic nitrogens is 2. The van der Waals surface area contributed by atoms with Crippen molar-refractivity contribution < 1.29 is 14.3 Å². The van der Waals surface area contributed by atoms with E-state index in [9.17, 15) is 4.79 Å². The number of imidazole rings is 1. The van der Waals surface area contributed by atoms with Gasteiger partial charge in [0, 0.05) is 12.1 Å². The number of para-hydroxylation sites is 2. The van der Waals surface area contributed by atoms with E-state index in [1.807, 2.05) is 54.1 Å². The third-order valence-electron chi connectivity index (χ3n) is 4.23. The molecule has 2 heterocycles. The Hall–Kier alpha value is -2.38. The molecule has 0 bridgehead atoms. The van der Waals surface area contributed by atoms with Crippen molar-refractivity contribution in [1.82, 2.24) is 14.9 Å². The monoisotopic (exact) mass is 403 g/mol. The van der Waals surface area contributed by atoms with Crippen LogP contribution in [0.25, 0.3) is 11.0 Å². The fourth-order valence-electron chi connectivity index (χ4n) is 2.85. The van der Waals surface area contributed by atoms with Gasteiger partial charge in [0.05, 0.1) is 23.3 Å². The van der Waals surface area contributed by atoms with Gasteiger partial charge in [-0.2, -0.15) is 0 Å². The Balaban J connectivity index is 1.30. The summed E-state index contributed by atoms with van der Waals surface area (Å²) in [5, 5.41) is 4.31. The molecule has 0 unspecified atom stereocenters. The fourth-order valence-corrected chi connectivity index (χ4v) is 3.84. The van der Waals surface area contributed by atoms with Crippen LogP contribution in [0, 0.1) is 0 Å². The van der Waals surface area contributed by atoms with Gasteiger partial charge < -0.3 is 19.4 Å². The summed E-state index contributed by atoms with van der Waals surface area (Å²) >= 11 is 7.40. The van der Waals surface area contributed by atoms with Gasteiger partial charge >= 0.3 is 0 Å². The molecule has 0 saturated heterocycles. The van der Waals surface area contributed by atoms with Gasteiger partial charge in [0.2, 0.25) is 5.91 Å². The van der Waals surface area contributed by atoms with Crippen molar-refractivity contribution in [3.05, 3.63) is 47.5 Å². The van der Waals surface area contributed by atoms with Crippen LogP contribution in [0.1, 0.15) is 0 Å². The first-order valence-corrected chi connectivity index (χ1v) is 9.86. The second-order valence-electron chi connectivity index (χ2n) is 6.18. The molecule has 4 rings (SSSR count). The molecule has 8 heteroatoms. The number of fused-ring (bicyclic) bond motifs is 2. The van der Waals surface area contributed by atoms with E-state index in [2.05, 4.69) is 10.3 Å². The third kappa shape index (κ3) is 3.99. The average Bonchev–Trinajstić information content (AvgIpc) is 2.99. The second kappa shape index (κ2) is 7.70. The number of ether oxygens (including phenoxy) is 2. The summed E-state index contributed by atoms with van der Waals surface area (Å²) < 4.78 is 13.4. The van der Waals surface area contributed by atoms with Crippen LogP contribution < -0.4 is 14.8 Å². The van der Waals surface area contributed by atoms with E-state index in [1.165, 1.54) is 11.8 Å². The lowest BCUT2D eigenvalue weighted by molar-refractivity contribution is -0.119. The highest BCUT2D eigenvalue weighted by molar-refractivity contribution is 7.99. The summed E-state index contributed by atoms with van der Waals surface area (Å²) in [5.41, 5.74) is 1.80. The zero-order chi connectivity index (χ0) is 18.8. The maximum atomic E-state index is 12.2. The van der Waals surface area contributed by atoms with E-state index < -0.39 is 0 Å². The summed E-state index contributed by atoms with van der Waals surface area (Å²) in [7, 11) is 1.92. The Morgan fingerprint density at radius 3 is 3.00 bits per heavy atom. The lowest BCUT2D eigenvalue weighted by atomic mass is 10.2. The molecule has 3 aromatic rings. The molecule has 0 radical (unpaired) electrons. The Bertz CT molecular complexity index is 991. The van der Waals surface area contributed by atoms with Crippen LogP contribution in [0.5, 0.6) is 11.5 Å². The molecule has 2 aromatic carbocycles. The molecule has 0 spiro atoms. The molecule has 6 nitrogen and oxygen atoms in total. The molecule has 0 aliphatic carbocycles. The van der Waals surface area contributed by atoms with E-state index in [-0.39, 0.29) is 17.8 Å². The maximum absolute atomic E-state index is 12.2. The van der Waals surface area contributed by atoms with Gasteiger partial charge in [-0.3, -0.25) is 4.79 Å². The quantitative estimate of drug-likeness (QED) is 0.662. The van der Waals surface area contributed by atoms with Crippen molar-refractivity contribution in [2.45, 2.75) is 11.3 Å². The number of thioether (sulfide) groups is 1. The molecule has 1 aliphatic heterocycles. The number of rotatable bonds is 5. The highest BCUT2D eigenvalue weighted by atomic mass is 35.5. The fraction of sp³-hybridized carbons (Fsp3) is 0.263. The number of nitrogens with one attached hydrogen (secondary N) is 1. The summed E-state index contributed by atoms with van der Waals surface area (Å²) in [5.74, 6) is 1.63. The van der Waals surface area contributed by atoms with Crippen LogP contribution in [0.15, 0.2) is 47.6 Å². The Labute approximate surface area is 165 Å². The van der Waals surface area contributed by atoms with Crippen molar-refractivity contribution >= 4 is 40.3 Å². The van der Waals surface area contributed by atoms with Crippen LogP contribution in [-0.4, -0.2) is 40.5 Å². The SMILES string of the molecule is Cn1c(SCC(=O)NC[C@@H]2COc3ccccc3O2)nc2cc(Cl)ccc21. The number of carbonyl (C=O) groups is 1. The largest absolute Gasteiger partial charge is 0.486 e. The number of hydrogen-bond donors (Lipinski definition) is 1. The summed E-state index contributed by atoms with van der Waals surface area (Å²) in [6.07, 6.45) is -0.202. The molecule has 1 aromatic heterocycles. The molecule has 1 amide bonds. The first-order chi connectivity index (χ1) is 13.1. The predicted octanol–water partition coefficient (Wildman–Crippen LogP) is 3.28. The van der Waals surface area contributed by atoms with Crippen molar-refractivity contribution in [3.63, 3.8) is 0 Å². The molecule has 1 aliphatic rings. The number of benzene rings is 2. The highest BCUT2D eigenvalue weighted by Gasteiger charge is 2.21. The minimum atomic E-state index is -0.202. The number of carbonyl (C=O) groups excluding carboxylic acids is 1. The molecule has 140 valence electrons. The average molecular weight is 404 g/mol. The van der Waals surface area contributed by atoms with Gasteiger partial charge in [-0.25, -0.2) is 4.98 Å². The first-order valence-electron chi connectivity index (χ1n) is 8.50. The van der Waals surface area contributed by atoms with Crippen molar-refractivity contribution in [1.29, 1.82) is 0 Å². The van der Waals surface area contributed by atoms with Gasteiger partial charge in [-0.1, -0.05) is 35.5 Å². The van der Waals surface area contributed by atoms with Crippen molar-refractivity contribution in [2.75, 3.05) is 18.9 Å². The van der Waals surface area contributed by atoms with E-state index in [0.717, 1.165) is 21.9 Å².